The van der Waals surface area contributed by atoms with Crippen LogP contribution >= 0.6 is 0 Å². The number of rotatable bonds is 1. The molecule has 0 aromatic carbocycles. The standard InChI is InChI=1S/C3H7O3S.C2H4O2.CH4O3S.Rb/c1-3(2)7(4,5)6;1-2(3)4;1-5(2,3)4;/h1-2H3,(H,4,5,6);1H3,(H,3,4);1H3,(H,2,3,4);/q-1;;;+1. The van der Waals surface area contributed by atoms with E-state index in [2.05, 4.69) is 0 Å². The van der Waals surface area contributed by atoms with Gasteiger partial charge in [0.1, 0.15) is 10.1 Å². The number of hydrogen-bond donors (Lipinski definition) is 3. The molecule has 0 amide bonds. The first kappa shape index (κ1) is 26.6. The van der Waals surface area contributed by atoms with E-state index in [1.807, 2.05) is 0 Å². The monoisotopic (exact) mass is 364 g/mol. The van der Waals surface area contributed by atoms with E-state index in [1.165, 1.54) is 13.8 Å². The molecule has 0 unspecified atom stereocenters. The summed E-state index contributed by atoms with van der Waals surface area (Å²) < 4.78 is 53.6. The molecule has 0 spiro atoms. The van der Waals surface area contributed by atoms with Gasteiger partial charge in [0.25, 0.3) is 16.1 Å². The van der Waals surface area contributed by atoms with Crippen molar-refractivity contribution in [2.75, 3.05) is 6.26 Å². The summed E-state index contributed by atoms with van der Waals surface area (Å²) >= 11 is 0. The van der Waals surface area contributed by atoms with Crippen LogP contribution in [0.2, 0.25) is 0 Å². The van der Waals surface area contributed by atoms with Gasteiger partial charge >= 0.3 is 58.2 Å². The maximum Gasteiger partial charge on any atom is 1.00 e. The van der Waals surface area contributed by atoms with Crippen molar-refractivity contribution < 1.29 is 94.0 Å². The summed E-state index contributed by atoms with van der Waals surface area (Å²) in [6, 6.07) is 0. The van der Waals surface area contributed by atoms with E-state index < -0.39 is 26.2 Å². The van der Waals surface area contributed by atoms with Crippen molar-refractivity contribution in [2.45, 2.75) is 20.8 Å². The van der Waals surface area contributed by atoms with E-state index >= 15 is 0 Å². The average Bonchev–Trinajstić information content (AvgIpc) is 1.77. The Hall–Kier alpha value is 1.10. The minimum Gasteiger partial charge on any atom is -0.481 e. The predicted molar refractivity (Wildman–Crippen MR) is 56.9 cm³/mol. The molecule has 8 nitrogen and oxygen atoms in total. The molecule has 17 heavy (non-hydrogen) atoms. The Morgan fingerprint density at radius 1 is 1.06 bits per heavy atom. The van der Waals surface area contributed by atoms with E-state index in [4.69, 9.17) is 19.0 Å². The summed E-state index contributed by atoms with van der Waals surface area (Å²) in [7, 11) is -7.49. The molecule has 11 heteroatoms. The Labute approximate surface area is 150 Å². The molecule has 3 N–H and O–H groups in total. The van der Waals surface area contributed by atoms with Crippen LogP contribution in [0.15, 0.2) is 0 Å². The third-order valence-electron chi connectivity index (χ3n) is 0.516. The number of carboxylic acid groups (broad SMARTS) is 1. The van der Waals surface area contributed by atoms with Crippen LogP contribution in [-0.2, 0) is 25.0 Å². The second-order valence-electron chi connectivity index (χ2n) is 2.64. The molecule has 0 aliphatic rings. The number of carbonyl (C=O) groups is 1. The molecule has 0 radical (unpaired) electrons. The summed E-state index contributed by atoms with van der Waals surface area (Å²) in [4.78, 5) is 9.00. The van der Waals surface area contributed by atoms with Gasteiger partial charge in [-0.05, 0) is 0 Å². The number of hydrogen-bond acceptors (Lipinski definition) is 5. The summed E-state index contributed by atoms with van der Waals surface area (Å²) in [5.41, 5.74) is 0. The zero-order valence-corrected chi connectivity index (χ0v) is 16.7. The Morgan fingerprint density at radius 2 is 1.12 bits per heavy atom. The Balaban J connectivity index is -0.0000000757. The summed E-state index contributed by atoms with van der Waals surface area (Å²) in [6.45, 7) is 3.74. The van der Waals surface area contributed by atoms with Gasteiger partial charge in [0, 0.05) is 6.92 Å². The molecule has 0 saturated heterocycles. The number of carboxylic acids is 1. The molecule has 0 saturated carbocycles. The third kappa shape index (κ3) is 77.4. The molecule has 0 aromatic rings. The van der Waals surface area contributed by atoms with Crippen molar-refractivity contribution in [2.24, 2.45) is 0 Å². The minimum atomic E-state index is -3.82. The van der Waals surface area contributed by atoms with Crippen molar-refractivity contribution in [1.82, 2.24) is 0 Å². The van der Waals surface area contributed by atoms with E-state index in [0.717, 1.165) is 6.92 Å². The fourth-order valence-electron chi connectivity index (χ4n) is 0. The molecule has 100 valence electrons. The van der Waals surface area contributed by atoms with Gasteiger partial charge in [0.15, 0.2) is 0 Å². The van der Waals surface area contributed by atoms with Gasteiger partial charge in [0.05, 0.1) is 6.26 Å². The van der Waals surface area contributed by atoms with Crippen LogP contribution in [0, 0.1) is 5.25 Å². The maximum absolute atomic E-state index is 9.85. The molecular formula is C6H15O8RbS2. The van der Waals surface area contributed by atoms with Crippen molar-refractivity contribution in [3.8, 4) is 0 Å². The number of aliphatic carboxylic acids is 1. The van der Waals surface area contributed by atoms with Gasteiger partial charge in [-0.1, -0.05) is 0 Å². The fourth-order valence-corrected chi connectivity index (χ4v) is 0. The smallest absolute Gasteiger partial charge is 0.481 e. The summed E-state index contributed by atoms with van der Waals surface area (Å²) in [6.07, 6.45) is 0.715. The van der Waals surface area contributed by atoms with E-state index in [1.54, 1.807) is 0 Å². The molecular weight excluding hydrogens is 350 g/mol. The van der Waals surface area contributed by atoms with Crippen LogP contribution in [-0.4, -0.2) is 43.3 Å². The molecule has 0 rings (SSSR count). The van der Waals surface area contributed by atoms with Crippen molar-refractivity contribution >= 4 is 26.2 Å². The van der Waals surface area contributed by atoms with E-state index in [0.29, 0.717) is 6.26 Å². The fraction of sp³-hybridized carbons (Fsp3) is 0.667. The van der Waals surface area contributed by atoms with Crippen molar-refractivity contribution in [3.63, 3.8) is 0 Å². The topological polar surface area (TPSA) is 146 Å². The van der Waals surface area contributed by atoms with Crippen LogP contribution < -0.4 is 58.2 Å². The molecule has 0 aliphatic heterocycles. The van der Waals surface area contributed by atoms with Crippen LogP contribution in [0.5, 0.6) is 0 Å². The zero-order valence-electron chi connectivity index (χ0n) is 10.2. The largest absolute Gasteiger partial charge is 1.00 e. The molecule has 0 aromatic heterocycles. The van der Waals surface area contributed by atoms with Gasteiger partial charge in [-0.25, -0.2) is 8.42 Å². The Kier molecular flexibility index (Phi) is 19.0. The maximum atomic E-state index is 9.85. The summed E-state index contributed by atoms with van der Waals surface area (Å²) in [5, 5.41) is 7.44. The van der Waals surface area contributed by atoms with E-state index in [9.17, 15) is 16.8 Å². The van der Waals surface area contributed by atoms with Gasteiger partial charge in [0.2, 0.25) is 0 Å². The predicted octanol–water partition coefficient (Wildman–Crippen LogP) is -2.96. The van der Waals surface area contributed by atoms with Crippen LogP contribution in [0.3, 0.4) is 0 Å². The van der Waals surface area contributed by atoms with Gasteiger partial charge < -0.3 is 9.66 Å². The molecule has 0 aliphatic carbocycles. The molecule has 0 heterocycles. The zero-order chi connectivity index (χ0) is 14.2. The Morgan fingerprint density at radius 3 is 1.12 bits per heavy atom. The van der Waals surface area contributed by atoms with Crippen molar-refractivity contribution in [3.05, 3.63) is 5.25 Å². The Bertz CT molecular complexity index is 370. The van der Waals surface area contributed by atoms with Crippen molar-refractivity contribution in [1.29, 1.82) is 0 Å². The average molecular weight is 365 g/mol. The van der Waals surface area contributed by atoms with Crippen LogP contribution in [0.4, 0.5) is 0 Å². The first-order valence-electron chi connectivity index (χ1n) is 3.57. The first-order chi connectivity index (χ1) is 6.68. The summed E-state index contributed by atoms with van der Waals surface area (Å²) in [5.74, 6) is -0.833. The molecule has 0 bridgehead atoms. The van der Waals surface area contributed by atoms with E-state index in [-0.39, 0.29) is 63.4 Å². The second-order valence-corrected chi connectivity index (χ2v) is 5.87. The molecule has 0 atom stereocenters. The SMILES string of the molecule is CC(=O)O.CS(=O)(=O)O.C[C-](C)S(=O)(=O)O.[Rb+]. The van der Waals surface area contributed by atoms with Gasteiger partial charge in [-0.15, -0.1) is 0 Å². The van der Waals surface area contributed by atoms with Gasteiger partial charge in [-0.2, -0.15) is 27.5 Å². The van der Waals surface area contributed by atoms with Gasteiger partial charge in [-0.3, -0.25) is 9.35 Å². The third-order valence-corrected chi connectivity index (χ3v) is 1.55. The first-order valence-corrected chi connectivity index (χ1v) is 6.86. The quantitative estimate of drug-likeness (QED) is 0.330. The second kappa shape index (κ2) is 12.1. The van der Waals surface area contributed by atoms with Crippen LogP contribution in [0.1, 0.15) is 20.8 Å². The van der Waals surface area contributed by atoms with Crippen LogP contribution in [0.25, 0.3) is 0 Å². The minimum absolute atomic E-state index is 0. The normalized spacial score (nSPS) is 10.1. The molecule has 0 fully saturated rings.